The number of likely N-dealkylation sites (tertiary alicyclic amines) is 1. The molecule has 0 aliphatic carbocycles. The summed E-state index contributed by atoms with van der Waals surface area (Å²) in [5.41, 5.74) is 1.10. The first kappa shape index (κ1) is 18.2. The molecule has 0 aromatic heterocycles. The van der Waals surface area contributed by atoms with Crippen LogP contribution >= 0.6 is 11.6 Å². The summed E-state index contributed by atoms with van der Waals surface area (Å²) in [4.78, 5) is 14.5. The fraction of sp³-hybridized carbons (Fsp3) is 0.611. The van der Waals surface area contributed by atoms with Gasteiger partial charge in [0.15, 0.2) is 0 Å². The molecule has 1 amide bonds. The maximum Gasteiger partial charge on any atom is 0.225 e. The highest BCUT2D eigenvalue weighted by molar-refractivity contribution is 6.30. The molecule has 1 atom stereocenters. The van der Waals surface area contributed by atoms with Crippen molar-refractivity contribution < 1.29 is 14.6 Å². The van der Waals surface area contributed by atoms with Crippen LogP contribution in [0.4, 0.5) is 0 Å². The Morgan fingerprint density at radius 2 is 2.17 bits per heavy atom. The third-order valence-corrected chi connectivity index (χ3v) is 4.50. The molecule has 1 unspecified atom stereocenters. The number of hydrogen-bond acceptors (Lipinski definition) is 3. The molecule has 4 nitrogen and oxygen atoms in total. The molecule has 1 aromatic rings. The molecule has 23 heavy (non-hydrogen) atoms. The van der Waals surface area contributed by atoms with Crippen molar-refractivity contribution in [3.8, 4) is 0 Å². The van der Waals surface area contributed by atoms with E-state index < -0.39 is 0 Å². The maximum absolute atomic E-state index is 12.6. The summed E-state index contributed by atoms with van der Waals surface area (Å²) >= 11 is 6.00. The van der Waals surface area contributed by atoms with Crippen LogP contribution in [0.25, 0.3) is 0 Å². The van der Waals surface area contributed by atoms with Crippen LogP contribution in [0.15, 0.2) is 24.3 Å². The standard InChI is InChI=1S/C18H26ClNO3/c1-14(12-15-4-2-5-16(19)13-15)18(22)20-8-6-17(7-9-20)23-11-3-10-21/h2,4-5,13-14,17,21H,3,6-12H2,1H3. The van der Waals surface area contributed by atoms with Crippen molar-refractivity contribution in [3.63, 3.8) is 0 Å². The van der Waals surface area contributed by atoms with Crippen LogP contribution in [0.2, 0.25) is 5.02 Å². The second kappa shape index (κ2) is 9.26. The minimum atomic E-state index is -0.0414. The smallest absolute Gasteiger partial charge is 0.225 e. The molecular formula is C18H26ClNO3. The van der Waals surface area contributed by atoms with Crippen LogP contribution in [-0.4, -0.2) is 48.3 Å². The van der Waals surface area contributed by atoms with Crippen molar-refractivity contribution in [1.82, 2.24) is 4.90 Å². The Morgan fingerprint density at radius 3 is 2.83 bits per heavy atom. The minimum absolute atomic E-state index is 0.0414. The second-order valence-corrected chi connectivity index (χ2v) is 6.64. The van der Waals surface area contributed by atoms with Gasteiger partial charge in [0.1, 0.15) is 0 Å². The molecule has 128 valence electrons. The highest BCUT2D eigenvalue weighted by atomic mass is 35.5. The summed E-state index contributed by atoms with van der Waals surface area (Å²) in [6.45, 7) is 4.25. The third-order valence-electron chi connectivity index (χ3n) is 4.26. The van der Waals surface area contributed by atoms with Gasteiger partial charge in [0, 0.05) is 37.2 Å². The van der Waals surface area contributed by atoms with Crippen molar-refractivity contribution in [2.75, 3.05) is 26.3 Å². The SMILES string of the molecule is CC(Cc1cccc(Cl)c1)C(=O)N1CCC(OCCCO)CC1. The number of ether oxygens (including phenoxy) is 1. The lowest BCUT2D eigenvalue weighted by molar-refractivity contribution is -0.137. The summed E-state index contributed by atoms with van der Waals surface area (Å²) in [6.07, 6.45) is 3.36. The number of carbonyl (C=O) groups is 1. The van der Waals surface area contributed by atoms with E-state index >= 15 is 0 Å². The van der Waals surface area contributed by atoms with Gasteiger partial charge < -0.3 is 14.7 Å². The Hall–Kier alpha value is -1.10. The molecule has 1 aromatic carbocycles. The zero-order valence-electron chi connectivity index (χ0n) is 13.7. The Morgan fingerprint density at radius 1 is 1.43 bits per heavy atom. The summed E-state index contributed by atoms with van der Waals surface area (Å²) in [5, 5.41) is 9.48. The van der Waals surface area contributed by atoms with Crippen molar-refractivity contribution in [1.29, 1.82) is 0 Å². The van der Waals surface area contributed by atoms with Crippen LogP contribution in [0, 0.1) is 5.92 Å². The van der Waals surface area contributed by atoms with E-state index in [4.69, 9.17) is 21.4 Å². The fourth-order valence-electron chi connectivity index (χ4n) is 2.97. The summed E-state index contributed by atoms with van der Waals surface area (Å²) in [6, 6.07) is 7.70. The van der Waals surface area contributed by atoms with Gasteiger partial charge >= 0.3 is 0 Å². The number of hydrogen-bond donors (Lipinski definition) is 1. The van der Waals surface area contributed by atoms with Gasteiger partial charge in [-0.3, -0.25) is 4.79 Å². The highest BCUT2D eigenvalue weighted by Gasteiger charge is 2.26. The van der Waals surface area contributed by atoms with E-state index in [2.05, 4.69) is 0 Å². The molecule has 1 N–H and O–H groups in total. The number of carbonyl (C=O) groups excluding carboxylic acids is 1. The van der Waals surface area contributed by atoms with Crippen LogP contribution in [0.1, 0.15) is 31.7 Å². The van der Waals surface area contributed by atoms with E-state index in [1.807, 2.05) is 36.1 Å². The molecule has 0 bridgehead atoms. The number of aliphatic hydroxyl groups excluding tert-OH is 1. The molecule has 1 heterocycles. The maximum atomic E-state index is 12.6. The van der Waals surface area contributed by atoms with E-state index in [0.717, 1.165) is 31.5 Å². The van der Waals surface area contributed by atoms with Crippen LogP contribution < -0.4 is 0 Å². The lowest BCUT2D eigenvalue weighted by Gasteiger charge is -2.33. The first-order valence-electron chi connectivity index (χ1n) is 8.36. The fourth-order valence-corrected chi connectivity index (χ4v) is 3.19. The van der Waals surface area contributed by atoms with Gasteiger partial charge in [-0.25, -0.2) is 0 Å². The molecule has 5 heteroatoms. The van der Waals surface area contributed by atoms with Crippen LogP contribution in [0.5, 0.6) is 0 Å². The molecular weight excluding hydrogens is 314 g/mol. The molecule has 1 aliphatic rings. The molecule has 1 fully saturated rings. The molecule has 0 saturated carbocycles. The zero-order chi connectivity index (χ0) is 16.7. The van der Waals surface area contributed by atoms with Crippen molar-refractivity contribution in [3.05, 3.63) is 34.9 Å². The number of halogens is 1. The lowest BCUT2D eigenvalue weighted by Crippen LogP contribution is -2.43. The van der Waals surface area contributed by atoms with Gasteiger partial charge in [0.05, 0.1) is 6.10 Å². The Kier molecular flexibility index (Phi) is 7.34. The second-order valence-electron chi connectivity index (χ2n) is 6.21. The van der Waals surface area contributed by atoms with Gasteiger partial charge in [-0.15, -0.1) is 0 Å². The quantitative estimate of drug-likeness (QED) is 0.777. The predicted octanol–water partition coefficient (Wildman–Crippen LogP) is 2.91. The monoisotopic (exact) mass is 339 g/mol. The summed E-state index contributed by atoms with van der Waals surface area (Å²) < 4.78 is 5.71. The minimum Gasteiger partial charge on any atom is -0.396 e. The largest absolute Gasteiger partial charge is 0.396 e. The van der Waals surface area contributed by atoms with E-state index in [9.17, 15) is 4.79 Å². The topological polar surface area (TPSA) is 49.8 Å². The number of aliphatic hydroxyl groups is 1. The molecule has 0 radical (unpaired) electrons. The van der Waals surface area contributed by atoms with Crippen LogP contribution in [-0.2, 0) is 16.0 Å². The average molecular weight is 340 g/mol. The number of piperidine rings is 1. The molecule has 1 saturated heterocycles. The van der Waals surface area contributed by atoms with Gasteiger partial charge in [0.25, 0.3) is 0 Å². The van der Waals surface area contributed by atoms with Gasteiger partial charge in [-0.1, -0.05) is 30.7 Å². The van der Waals surface area contributed by atoms with E-state index in [0.29, 0.717) is 24.5 Å². The van der Waals surface area contributed by atoms with Crippen molar-refractivity contribution in [2.24, 2.45) is 5.92 Å². The number of nitrogens with zero attached hydrogens (tertiary/aromatic N) is 1. The lowest BCUT2D eigenvalue weighted by atomic mass is 9.98. The predicted molar refractivity (Wildman–Crippen MR) is 91.6 cm³/mol. The van der Waals surface area contributed by atoms with Gasteiger partial charge in [-0.05, 0) is 43.4 Å². The number of benzene rings is 1. The Bertz CT molecular complexity index is 501. The Labute approximate surface area is 143 Å². The van der Waals surface area contributed by atoms with Crippen molar-refractivity contribution >= 4 is 17.5 Å². The first-order valence-corrected chi connectivity index (χ1v) is 8.73. The van der Waals surface area contributed by atoms with E-state index in [1.165, 1.54) is 0 Å². The molecule has 0 spiro atoms. The normalized spacial score (nSPS) is 17.3. The average Bonchev–Trinajstić information content (AvgIpc) is 2.55. The highest BCUT2D eigenvalue weighted by Crippen LogP contribution is 2.19. The third kappa shape index (κ3) is 5.79. The Balaban J connectivity index is 1.77. The van der Waals surface area contributed by atoms with Gasteiger partial charge in [-0.2, -0.15) is 0 Å². The summed E-state index contributed by atoms with van der Waals surface area (Å²) in [7, 11) is 0. The van der Waals surface area contributed by atoms with Crippen molar-refractivity contribution in [2.45, 2.75) is 38.7 Å². The van der Waals surface area contributed by atoms with Crippen LogP contribution in [0.3, 0.4) is 0 Å². The molecule has 2 rings (SSSR count). The summed E-state index contributed by atoms with van der Waals surface area (Å²) in [5.74, 6) is 0.166. The molecule has 1 aliphatic heterocycles. The van der Waals surface area contributed by atoms with E-state index in [-0.39, 0.29) is 24.5 Å². The van der Waals surface area contributed by atoms with Gasteiger partial charge in [0.2, 0.25) is 5.91 Å². The number of rotatable bonds is 7. The van der Waals surface area contributed by atoms with E-state index in [1.54, 1.807) is 0 Å². The first-order chi connectivity index (χ1) is 11.1. The number of amides is 1. The zero-order valence-corrected chi connectivity index (χ0v) is 14.5.